The number of rotatable bonds is 1. The van der Waals surface area contributed by atoms with Crippen molar-refractivity contribution in [3.8, 4) is 5.75 Å². The summed E-state index contributed by atoms with van der Waals surface area (Å²) in [5.41, 5.74) is 0.870. The number of halogens is 2. The molecule has 1 atom stereocenters. The molecule has 0 spiro atoms. The zero-order valence-corrected chi connectivity index (χ0v) is 9.85. The van der Waals surface area contributed by atoms with Crippen LogP contribution in [0.25, 0.3) is 0 Å². The molecule has 1 aliphatic rings. The number of hydrogen-bond donors (Lipinski definition) is 2. The number of phenols is 1. The number of hydrogen-bond acceptors (Lipinski definition) is 3. The first-order valence-electron chi connectivity index (χ1n) is 4.58. The van der Waals surface area contributed by atoms with Crippen molar-refractivity contribution in [2.75, 3.05) is 6.61 Å². The van der Waals surface area contributed by atoms with Gasteiger partial charge in [0.05, 0.1) is 17.7 Å². The summed E-state index contributed by atoms with van der Waals surface area (Å²) in [5.74, 6) is 0.0406. The molecule has 0 aliphatic carbocycles. The lowest BCUT2D eigenvalue weighted by atomic mass is 10.0. The summed E-state index contributed by atoms with van der Waals surface area (Å²) in [5, 5.41) is 12.2. The Bertz CT molecular complexity index is 398. The Kier molecular flexibility index (Phi) is 4.26. The molecule has 1 saturated heterocycles. The van der Waals surface area contributed by atoms with E-state index in [9.17, 15) is 9.90 Å². The van der Waals surface area contributed by atoms with Crippen LogP contribution in [0.1, 0.15) is 18.0 Å². The third kappa shape index (κ3) is 2.71. The maximum absolute atomic E-state index is 11.0. The Morgan fingerprint density at radius 3 is 2.88 bits per heavy atom. The molecule has 6 heteroatoms. The lowest BCUT2D eigenvalue weighted by Crippen LogP contribution is -2.35. The summed E-state index contributed by atoms with van der Waals surface area (Å²) in [6.07, 6.45) is 0.280. The number of alkyl carbamates (subject to hydrolysis) is 1. The maximum atomic E-state index is 11.0. The van der Waals surface area contributed by atoms with Crippen LogP contribution in [0.4, 0.5) is 4.79 Å². The predicted molar refractivity (Wildman–Crippen MR) is 62.2 cm³/mol. The topological polar surface area (TPSA) is 58.6 Å². The number of carbonyl (C=O) groups excluding carboxylic acids is 1. The summed E-state index contributed by atoms with van der Waals surface area (Å²) >= 11 is 5.78. The lowest BCUT2D eigenvalue weighted by molar-refractivity contribution is 0.115. The van der Waals surface area contributed by atoms with E-state index in [1.165, 1.54) is 6.07 Å². The Morgan fingerprint density at radius 2 is 2.25 bits per heavy atom. The second kappa shape index (κ2) is 5.27. The zero-order chi connectivity index (χ0) is 10.8. The van der Waals surface area contributed by atoms with Gasteiger partial charge in [0, 0.05) is 6.42 Å². The minimum Gasteiger partial charge on any atom is -0.506 e. The van der Waals surface area contributed by atoms with E-state index < -0.39 is 6.09 Å². The lowest BCUT2D eigenvalue weighted by Gasteiger charge is -2.23. The fourth-order valence-corrected chi connectivity index (χ4v) is 1.70. The molecule has 88 valence electrons. The van der Waals surface area contributed by atoms with E-state index in [1.807, 2.05) is 0 Å². The molecular formula is C10H11Cl2NO3. The van der Waals surface area contributed by atoms with E-state index in [-0.39, 0.29) is 29.2 Å². The van der Waals surface area contributed by atoms with Crippen molar-refractivity contribution in [3.05, 3.63) is 28.8 Å². The Balaban J connectivity index is 0.00000128. The number of carbonyl (C=O) groups is 1. The van der Waals surface area contributed by atoms with Gasteiger partial charge in [0.15, 0.2) is 0 Å². The standard InChI is InChI=1S/C10H10ClNO3.ClH/c11-7-5-6(1-2-9(7)13)8-3-4-15-10(14)12-8;/h1-2,5,8,13H,3-4H2,(H,12,14);1H/t8-;/m0./s1. The molecule has 0 saturated carbocycles. The minimum atomic E-state index is -0.421. The first-order chi connectivity index (χ1) is 7.16. The number of benzene rings is 1. The SMILES string of the molecule is Cl.O=C1N[C@H](c2ccc(O)c(Cl)c2)CCO1. The highest BCUT2D eigenvalue weighted by molar-refractivity contribution is 6.32. The van der Waals surface area contributed by atoms with Crippen LogP contribution >= 0.6 is 24.0 Å². The normalized spacial score (nSPS) is 19.3. The minimum absolute atomic E-state index is 0. The number of cyclic esters (lactones) is 1. The van der Waals surface area contributed by atoms with E-state index >= 15 is 0 Å². The molecule has 1 aromatic rings. The van der Waals surface area contributed by atoms with E-state index in [0.717, 1.165) is 5.56 Å². The number of nitrogens with one attached hydrogen (secondary N) is 1. The molecule has 2 rings (SSSR count). The van der Waals surface area contributed by atoms with Gasteiger partial charge in [-0.3, -0.25) is 0 Å². The van der Waals surface area contributed by atoms with Gasteiger partial charge < -0.3 is 15.2 Å². The Hall–Kier alpha value is -1.13. The van der Waals surface area contributed by atoms with Crippen molar-refractivity contribution in [2.45, 2.75) is 12.5 Å². The summed E-state index contributed by atoms with van der Waals surface area (Å²) in [6.45, 7) is 0.398. The Morgan fingerprint density at radius 1 is 1.50 bits per heavy atom. The average molecular weight is 264 g/mol. The van der Waals surface area contributed by atoms with Crippen molar-refractivity contribution >= 4 is 30.1 Å². The quantitative estimate of drug-likeness (QED) is 0.819. The molecule has 0 unspecified atom stereocenters. The van der Waals surface area contributed by atoms with Crippen LogP contribution < -0.4 is 5.32 Å². The summed E-state index contributed by atoms with van der Waals surface area (Å²) in [6, 6.07) is 4.80. The third-order valence-electron chi connectivity index (χ3n) is 2.31. The van der Waals surface area contributed by atoms with E-state index in [2.05, 4.69) is 5.32 Å². The molecule has 4 nitrogen and oxygen atoms in total. The van der Waals surface area contributed by atoms with Gasteiger partial charge >= 0.3 is 6.09 Å². The van der Waals surface area contributed by atoms with E-state index in [0.29, 0.717) is 13.0 Å². The van der Waals surface area contributed by atoms with Gasteiger partial charge in [-0.2, -0.15) is 0 Å². The van der Waals surface area contributed by atoms with Gasteiger partial charge in [-0.1, -0.05) is 17.7 Å². The highest BCUT2D eigenvalue weighted by Crippen LogP contribution is 2.28. The number of aromatic hydroxyl groups is 1. The summed E-state index contributed by atoms with van der Waals surface area (Å²) < 4.78 is 4.75. The fraction of sp³-hybridized carbons (Fsp3) is 0.300. The molecule has 1 fully saturated rings. The number of amides is 1. The van der Waals surface area contributed by atoms with Crippen molar-refractivity contribution < 1.29 is 14.6 Å². The van der Waals surface area contributed by atoms with Gasteiger partial charge in [0.25, 0.3) is 0 Å². The molecule has 1 heterocycles. The van der Waals surface area contributed by atoms with Crippen molar-refractivity contribution in [1.29, 1.82) is 0 Å². The second-order valence-corrected chi connectivity index (χ2v) is 3.74. The van der Waals surface area contributed by atoms with E-state index in [1.54, 1.807) is 12.1 Å². The van der Waals surface area contributed by atoms with Crippen molar-refractivity contribution in [1.82, 2.24) is 5.32 Å². The highest BCUT2D eigenvalue weighted by atomic mass is 35.5. The molecule has 1 aromatic carbocycles. The molecule has 2 N–H and O–H groups in total. The molecule has 0 radical (unpaired) electrons. The smallest absolute Gasteiger partial charge is 0.407 e. The summed E-state index contributed by atoms with van der Waals surface area (Å²) in [7, 11) is 0. The maximum Gasteiger partial charge on any atom is 0.407 e. The fourth-order valence-electron chi connectivity index (χ4n) is 1.52. The van der Waals surface area contributed by atoms with Crippen molar-refractivity contribution in [2.24, 2.45) is 0 Å². The van der Waals surface area contributed by atoms with Gasteiger partial charge in [-0.15, -0.1) is 12.4 Å². The predicted octanol–water partition coefficient (Wildman–Crippen LogP) is 2.64. The van der Waals surface area contributed by atoms with Crippen LogP contribution in [0.5, 0.6) is 5.75 Å². The largest absolute Gasteiger partial charge is 0.506 e. The first kappa shape index (κ1) is 12.9. The van der Waals surface area contributed by atoms with Crippen LogP contribution in [0.15, 0.2) is 18.2 Å². The Labute approximate surface area is 104 Å². The zero-order valence-electron chi connectivity index (χ0n) is 8.27. The van der Waals surface area contributed by atoms with Crippen molar-refractivity contribution in [3.63, 3.8) is 0 Å². The average Bonchev–Trinajstić information content (AvgIpc) is 2.22. The number of phenolic OH excluding ortho intramolecular Hbond substituents is 1. The molecule has 16 heavy (non-hydrogen) atoms. The highest BCUT2D eigenvalue weighted by Gasteiger charge is 2.21. The first-order valence-corrected chi connectivity index (χ1v) is 4.96. The van der Waals surface area contributed by atoms with Gasteiger partial charge in [0.2, 0.25) is 0 Å². The number of ether oxygens (including phenoxy) is 1. The van der Waals surface area contributed by atoms with Crippen LogP contribution in [-0.2, 0) is 4.74 Å². The van der Waals surface area contributed by atoms with Crippen LogP contribution in [0.3, 0.4) is 0 Å². The summed E-state index contributed by atoms with van der Waals surface area (Å²) in [4.78, 5) is 11.0. The monoisotopic (exact) mass is 263 g/mol. The van der Waals surface area contributed by atoms with Gasteiger partial charge in [-0.25, -0.2) is 4.79 Å². The van der Waals surface area contributed by atoms with Gasteiger partial charge in [0.1, 0.15) is 5.75 Å². The van der Waals surface area contributed by atoms with E-state index in [4.69, 9.17) is 16.3 Å². The molecule has 0 aromatic heterocycles. The van der Waals surface area contributed by atoms with Crippen LogP contribution in [0.2, 0.25) is 5.02 Å². The van der Waals surface area contributed by atoms with Gasteiger partial charge in [-0.05, 0) is 17.7 Å². The third-order valence-corrected chi connectivity index (χ3v) is 2.61. The molecule has 1 aliphatic heterocycles. The van der Waals surface area contributed by atoms with Crippen LogP contribution in [-0.4, -0.2) is 17.8 Å². The van der Waals surface area contributed by atoms with Crippen LogP contribution in [0, 0.1) is 0 Å². The molecule has 1 amide bonds. The second-order valence-electron chi connectivity index (χ2n) is 3.33. The molecule has 0 bridgehead atoms. The molecular weight excluding hydrogens is 253 g/mol.